The molecule has 0 aliphatic heterocycles. The van der Waals surface area contributed by atoms with Crippen LogP contribution in [0, 0.1) is 17.0 Å². The Kier molecular flexibility index (Phi) is 6.67. The van der Waals surface area contributed by atoms with Crippen LogP contribution >= 0.6 is 0 Å². The molecule has 0 unspecified atom stereocenters. The lowest BCUT2D eigenvalue weighted by Crippen LogP contribution is -2.22. The van der Waals surface area contributed by atoms with Crippen LogP contribution in [0.4, 0.5) is 17.1 Å². The number of ether oxygens (including phenoxy) is 1. The Hall–Kier alpha value is -3.42. The maximum atomic E-state index is 11.7. The number of nitro groups is 1. The van der Waals surface area contributed by atoms with E-state index in [1.54, 1.807) is 30.3 Å². The SMILES string of the molecule is Cc1ccc(NC(=O)COC(=O)CCNc2ccccc2[N+](=O)[O-])cc1. The highest BCUT2D eigenvalue weighted by Gasteiger charge is 2.13. The van der Waals surface area contributed by atoms with Gasteiger partial charge in [0.15, 0.2) is 6.61 Å². The van der Waals surface area contributed by atoms with Crippen molar-refractivity contribution in [3.63, 3.8) is 0 Å². The van der Waals surface area contributed by atoms with Crippen LogP contribution in [-0.4, -0.2) is 30.0 Å². The molecule has 136 valence electrons. The quantitative estimate of drug-likeness (QED) is 0.427. The number of nitrogens with zero attached hydrogens (tertiary/aromatic N) is 1. The summed E-state index contributed by atoms with van der Waals surface area (Å²) in [5.41, 5.74) is 1.94. The molecule has 1 amide bonds. The third-order valence-corrected chi connectivity index (χ3v) is 3.44. The summed E-state index contributed by atoms with van der Waals surface area (Å²) in [4.78, 5) is 33.8. The first-order valence-electron chi connectivity index (χ1n) is 7.95. The molecule has 0 bridgehead atoms. The fourth-order valence-corrected chi connectivity index (χ4v) is 2.13. The lowest BCUT2D eigenvalue weighted by atomic mass is 10.2. The van der Waals surface area contributed by atoms with E-state index in [2.05, 4.69) is 10.6 Å². The van der Waals surface area contributed by atoms with Crippen molar-refractivity contribution in [1.82, 2.24) is 0 Å². The van der Waals surface area contributed by atoms with Crippen molar-refractivity contribution in [2.24, 2.45) is 0 Å². The van der Waals surface area contributed by atoms with Crippen LogP contribution in [0.1, 0.15) is 12.0 Å². The fourth-order valence-electron chi connectivity index (χ4n) is 2.13. The number of amides is 1. The van der Waals surface area contributed by atoms with Crippen molar-refractivity contribution in [1.29, 1.82) is 0 Å². The highest BCUT2D eigenvalue weighted by molar-refractivity contribution is 5.92. The lowest BCUT2D eigenvalue weighted by molar-refractivity contribution is -0.384. The summed E-state index contributed by atoms with van der Waals surface area (Å²) in [5.74, 6) is -1.01. The smallest absolute Gasteiger partial charge is 0.308 e. The number of carbonyl (C=O) groups is 2. The van der Waals surface area contributed by atoms with E-state index < -0.39 is 23.4 Å². The Morgan fingerprint density at radius 3 is 2.50 bits per heavy atom. The van der Waals surface area contributed by atoms with Crippen molar-refractivity contribution in [2.75, 3.05) is 23.8 Å². The summed E-state index contributed by atoms with van der Waals surface area (Å²) in [6, 6.07) is 13.4. The van der Waals surface area contributed by atoms with Gasteiger partial charge in [0.05, 0.1) is 11.3 Å². The van der Waals surface area contributed by atoms with E-state index in [-0.39, 0.29) is 18.7 Å². The molecule has 8 heteroatoms. The molecular weight excluding hydrogens is 338 g/mol. The van der Waals surface area contributed by atoms with Gasteiger partial charge in [-0.1, -0.05) is 29.8 Å². The van der Waals surface area contributed by atoms with E-state index in [1.165, 1.54) is 6.07 Å². The maximum Gasteiger partial charge on any atom is 0.308 e. The molecular formula is C18H19N3O5. The second kappa shape index (κ2) is 9.16. The number of aryl methyl sites for hydroxylation is 1. The largest absolute Gasteiger partial charge is 0.456 e. The molecule has 0 fully saturated rings. The van der Waals surface area contributed by atoms with Gasteiger partial charge in [0, 0.05) is 18.3 Å². The zero-order valence-electron chi connectivity index (χ0n) is 14.2. The van der Waals surface area contributed by atoms with Crippen LogP contribution in [0.15, 0.2) is 48.5 Å². The molecule has 2 N–H and O–H groups in total. The minimum Gasteiger partial charge on any atom is -0.456 e. The van der Waals surface area contributed by atoms with Crippen molar-refractivity contribution in [3.05, 3.63) is 64.2 Å². The molecule has 2 aromatic carbocycles. The normalized spacial score (nSPS) is 10.0. The summed E-state index contributed by atoms with van der Waals surface area (Å²) >= 11 is 0. The van der Waals surface area contributed by atoms with Crippen molar-refractivity contribution in [3.8, 4) is 0 Å². The molecule has 8 nitrogen and oxygen atoms in total. The summed E-state index contributed by atoms with van der Waals surface area (Å²) in [6.45, 7) is 1.70. The number of nitro benzene ring substituents is 1. The Labute approximate surface area is 150 Å². The van der Waals surface area contributed by atoms with Gasteiger partial charge in [-0.3, -0.25) is 19.7 Å². The first-order valence-corrected chi connectivity index (χ1v) is 7.95. The number of rotatable bonds is 8. The Bertz CT molecular complexity index is 790. The second-order valence-electron chi connectivity index (χ2n) is 5.53. The number of carbonyl (C=O) groups excluding carboxylic acids is 2. The number of benzene rings is 2. The van der Waals surface area contributed by atoms with Crippen LogP contribution in [0.5, 0.6) is 0 Å². The number of hydrogen-bond donors (Lipinski definition) is 2. The number of hydrogen-bond acceptors (Lipinski definition) is 6. The summed E-state index contributed by atoms with van der Waals surface area (Å²) in [6.07, 6.45) is -0.0239. The van der Waals surface area contributed by atoms with Gasteiger partial charge in [0.25, 0.3) is 11.6 Å². The monoisotopic (exact) mass is 357 g/mol. The third kappa shape index (κ3) is 5.90. The van der Waals surface area contributed by atoms with E-state index in [4.69, 9.17) is 4.74 Å². The number of anilines is 2. The van der Waals surface area contributed by atoms with Crippen LogP contribution in [0.3, 0.4) is 0 Å². The Morgan fingerprint density at radius 2 is 1.81 bits per heavy atom. The molecule has 0 saturated heterocycles. The number of para-hydroxylation sites is 2. The van der Waals surface area contributed by atoms with Gasteiger partial charge in [0.2, 0.25) is 0 Å². The van der Waals surface area contributed by atoms with Crippen LogP contribution < -0.4 is 10.6 Å². The predicted molar refractivity (Wildman–Crippen MR) is 97.0 cm³/mol. The van der Waals surface area contributed by atoms with E-state index >= 15 is 0 Å². The summed E-state index contributed by atoms with van der Waals surface area (Å²) in [7, 11) is 0. The van der Waals surface area contributed by atoms with Gasteiger partial charge in [0.1, 0.15) is 5.69 Å². The third-order valence-electron chi connectivity index (χ3n) is 3.44. The molecule has 0 aromatic heterocycles. The molecule has 0 aliphatic carbocycles. The molecule has 0 aliphatic rings. The van der Waals surface area contributed by atoms with Gasteiger partial charge in [-0.15, -0.1) is 0 Å². The van der Waals surface area contributed by atoms with Gasteiger partial charge in [-0.05, 0) is 25.1 Å². The summed E-state index contributed by atoms with van der Waals surface area (Å²) in [5, 5.41) is 16.3. The van der Waals surface area contributed by atoms with Crippen LogP contribution in [0.2, 0.25) is 0 Å². The molecule has 0 spiro atoms. The molecule has 2 rings (SSSR count). The second-order valence-corrected chi connectivity index (χ2v) is 5.53. The van der Waals surface area contributed by atoms with E-state index in [9.17, 15) is 19.7 Å². The van der Waals surface area contributed by atoms with Crippen LogP contribution in [-0.2, 0) is 14.3 Å². The zero-order valence-corrected chi connectivity index (χ0v) is 14.2. The van der Waals surface area contributed by atoms with Gasteiger partial charge >= 0.3 is 5.97 Å². The Morgan fingerprint density at radius 1 is 1.12 bits per heavy atom. The van der Waals surface area contributed by atoms with E-state index in [0.717, 1.165) is 5.56 Å². The van der Waals surface area contributed by atoms with Crippen molar-refractivity contribution in [2.45, 2.75) is 13.3 Å². The Balaban J connectivity index is 1.71. The lowest BCUT2D eigenvalue weighted by Gasteiger charge is -2.08. The average Bonchev–Trinajstić information content (AvgIpc) is 2.62. The zero-order chi connectivity index (χ0) is 18.9. The minimum atomic E-state index is -0.574. The van der Waals surface area contributed by atoms with E-state index in [0.29, 0.717) is 11.4 Å². The maximum absolute atomic E-state index is 11.7. The van der Waals surface area contributed by atoms with Crippen molar-refractivity contribution >= 4 is 28.9 Å². The standard InChI is InChI=1S/C18H19N3O5/c1-13-6-8-14(9-7-13)20-17(22)12-26-18(23)10-11-19-15-4-2-3-5-16(15)21(24)25/h2-9,19H,10-12H2,1H3,(H,20,22). The van der Waals surface area contributed by atoms with Gasteiger partial charge in [-0.2, -0.15) is 0 Å². The number of nitrogens with one attached hydrogen (secondary N) is 2. The molecule has 0 saturated carbocycles. The minimum absolute atomic E-state index is 0.0239. The summed E-state index contributed by atoms with van der Waals surface area (Å²) < 4.78 is 4.89. The number of esters is 1. The first kappa shape index (κ1) is 18.9. The molecule has 0 radical (unpaired) electrons. The highest BCUT2D eigenvalue weighted by atomic mass is 16.6. The van der Waals surface area contributed by atoms with Crippen LogP contribution in [0.25, 0.3) is 0 Å². The first-order chi connectivity index (χ1) is 12.5. The molecule has 0 atom stereocenters. The topological polar surface area (TPSA) is 111 Å². The van der Waals surface area contributed by atoms with E-state index in [1.807, 2.05) is 19.1 Å². The van der Waals surface area contributed by atoms with Crippen molar-refractivity contribution < 1.29 is 19.2 Å². The highest BCUT2D eigenvalue weighted by Crippen LogP contribution is 2.22. The predicted octanol–water partition coefficient (Wildman–Crippen LogP) is 2.89. The molecule has 26 heavy (non-hydrogen) atoms. The van der Waals surface area contributed by atoms with Gasteiger partial charge < -0.3 is 15.4 Å². The fraction of sp³-hybridized carbons (Fsp3) is 0.222. The average molecular weight is 357 g/mol. The van der Waals surface area contributed by atoms with Gasteiger partial charge in [-0.25, -0.2) is 0 Å². The molecule has 0 heterocycles. The molecule has 2 aromatic rings.